The van der Waals surface area contributed by atoms with Crippen molar-refractivity contribution >= 4 is 0 Å². The Kier molecular flexibility index (Phi) is 7.31. The van der Waals surface area contributed by atoms with E-state index < -0.39 is 0 Å². The van der Waals surface area contributed by atoms with Crippen LogP contribution >= 0.6 is 0 Å². The summed E-state index contributed by atoms with van der Waals surface area (Å²) in [4.78, 5) is 0. The zero-order valence-electron chi connectivity index (χ0n) is 19.6. The van der Waals surface area contributed by atoms with E-state index in [0.717, 1.165) is 37.0 Å². The number of hydrogen-bond donors (Lipinski definition) is 1. The third kappa shape index (κ3) is 4.98. The predicted octanol–water partition coefficient (Wildman–Crippen LogP) is 7.64. The number of allylic oxidation sites excluding steroid dienone is 6. The SMILES string of the molecule is C=C1CC[C@H](O)CC1=CC=C1CCC[C@]2(C)[C@@H]([C@H](C)/C=C/[C@H](C)C(C)C)CC[C@@H]12. The maximum absolute atomic E-state index is 10.0. The van der Waals surface area contributed by atoms with E-state index in [0.29, 0.717) is 17.3 Å². The first-order valence-corrected chi connectivity index (χ1v) is 12.2. The van der Waals surface area contributed by atoms with E-state index in [1.165, 1.54) is 43.3 Å². The molecule has 3 aliphatic rings. The minimum Gasteiger partial charge on any atom is -0.393 e. The lowest BCUT2D eigenvalue weighted by atomic mass is 9.61. The van der Waals surface area contributed by atoms with Gasteiger partial charge in [0.2, 0.25) is 0 Å². The molecule has 1 nitrogen and oxygen atoms in total. The van der Waals surface area contributed by atoms with Gasteiger partial charge in [-0.2, -0.15) is 0 Å². The van der Waals surface area contributed by atoms with Crippen molar-refractivity contribution in [3.63, 3.8) is 0 Å². The number of aliphatic hydroxyl groups is 1. The summed E-state index contributed by atoms with van der Waals surface area (Å²) in [5, 5.41) is 10.0. The molecule has 3 rings (SSSR count). The maximum atomic E-state index is 10.0. The third-order valence-corrected chi connectivity index (χ3v) is 8.63. The first-order valence-electron chi connectivity index (χ1n) is 12.2. The molecule has 3 aliphatic carbocycles. The van der Waals surface area contributed by atoms with Gasteiger partial charge >= 0.3 is 0 Å². The van der Waals surface area contributed by atoms with E-state index in [1.54, 1.807) is 5.57 Å². The molecule has 0 bridgehead atoms. The number of rotatable bonds is 5. The minimum absolute atomic E-state index is 0.182. The Labute approximate surface area is 180 Å². The Hall–Kier alpha value is -1.08. The summed E-state index contributed by atoms with van der Waals surface area (Å²) in [5.41, 5.74) is 4.61. The van der Waals surface area contributed by atoms with Crippen LogP contribution in [0.2, 0.25) is 0 Å². The molecule has 0 aromatic heterocycles. The van der Waals surface area contributed by atoms with Crippen molar-refractivity contribution in [3.8, 4) is 0 Å². The largest absolute Gasteiger partial charge is 0.393 e. The zero-order chi connectivity index (χ0) is 21.2. The molecule has 0 radical (unpaired) electrons. The number of hydrogen-bond acceptors (Lipinski definition) is 1. The van der Waals surface area contributed by atoms with Crippen molar-refractivity contribution < 1.29 is 5.11 Å². The molecule has 6 atom stereocenters. The van der Waals surface area contributed by atoms with Crippen molar-refractivity contribution in [2.45, 2.75) is 92.1 Å². The molecule has 0 aromatic carbocycles. The van der Waals surface area contributed by atoms with Crippen molar-refractivity contribution in [2.75, 3.05) is 0 Å². The third-order valence-electron chi connectivity index (χ3n) is 8.63. The van der Waals surface area contributed by atoms with Gasteiger partial charge in [-0.05, 0) is 91.9 Å². The second kappa shape index (κ2) is 9.38. The molecule has 0 unspecified atom stereocenters. The average Bonchev–Trinajstić information content (AvgIpc) is 3.04. The van der Waals surface area contributed by atoms with E-state index in [4.69, 9.17) is 0 Å². The Morgan fingerprint density at radius 2 is 1.79 bits per heavy atom. The molecule has 0 aromatic rings. The standard InChI is InChI=1S/C28H44O/c1-19(2)20(3)9-10-22(5)26-15-16-27-23(8-7-17-28(26,27)6)12-13-24-18-25(29)14-11-21(24)4/h9-10,12-13,19-20,22,25-27,29H,4,7-8,11,14-18H2,1-3,5-6H3/b10-9+,23-12?,24-13?/t20-,22+,25-,26+,27-,28+/m0/s1. The highest BCUT2D eigenvalue weighted by Crippen LogP contribution is 2.59. The maximum Gasteiger partial charge on any atom is 0.0583 e. The summed E-state index contributed by atoms with van der Waals surface area (Å²) in [6.07, 6.45) is 18.8. The number of fused-ring (bicyclic) bond motifs is 1. The van der Waals surface area contributed by atoms with Gasteiger partial charge in [-0.3, -0.25) is 0 Å². The Morgan fingerprint density at radius 1 is 1.03 bits per heavy atom. The van der Waals surface area contributed by atoms with Gasteiger partial charge in [0.15, 0.2) is 0 Å². The highest BCUT2D eigenvalue weighted by Gasteiger charge is 2.50. The highest BCUT2D eigenvalue weighted by atomic mass is 16.3. The molecule has 1 N–H and O–H groups in total. The quantitative estimate of drug-likeness (QED) is 0.473. The molecule has 0 amide bonds. The fourth-order valence-corrected chi connectivity index (χ4v) is 6.25. The van der Waals surface area contributed by atoms with Gasteiger partial charge in [0, 0.05) is 0 Å². The topological polar surface area (TPSA) is 20.2 Å². The Balaban J connectivity index is 1.75. The van der Waals surface area contributed by atoms with E-state index in [9.17, 15) is 5.11 Å². The van der Waals surface area contributed by atoms with Crippen molar-refractivity contribution in [2.24, 2.45) is 35.0 Å². The Bertz CT molecular complexity index is 678. The Morgan fingerprint density at radius 3 is 2.52 bits per heavy atom. The molecular formula is C28H44O. The molecule has 0 aliphatic heterocycles. The van der Waals surface area contributed by atoms with Gasteiger partial charge in [-0.15, -0.1) is 0 Å². The summed E-state index contributed by atoms with van der Waals surface area (Å²) < 4.78 is 0. The first-order chi connectivity index (χ1) is 13.7. The fourth-order valence-electron chi connectivity index (χ4n) is 6.25. The second-order valence-electron chi connectivity index (χ2n) is 10.9. The zero-order valence-corrected chi connectivity index (χ0v) is 19.6. The van der Waals surface area contributed by atoms with Crippen LogP contribution in [0.1, 0.15) is 86.0 Å². The molecule has 29 heavy (non-hydrogen) atoms. The minimum atomic E-state index is -0.182. The van der Waals surface area contributed by atoms with Crippen molar-refractivity contribution in [3.05, 3.63) is 47.6 Å². The molecule has 0 heterocycles. The van der Waals surface area contributed by atoms with Crippen molar-refractivity contribution in [1.82, 2.24) is 0 Å². The van der Waals surface area contributed by atoms with Gasteiger partial charge in [-0.25, -0.2) is 0 Å². The summed E-state index contributed by atoms with van der Waals surface area (Å²) in [5.74, 6) is 3.58. The second-order valence-corrected chi connectivity index (χ2v) is 10.9. The van der Waals surface area contributed by atoms with E-state index >= 15 is 0 Å². The summed E-state index contributed by atoms with van der Waals surface area (Å²) in [7, 11) is 0. The lowest BCUT2D eigenvalue weighted by molar-refractivity contribution is 0.112. The summed E-state index contributed by atoms with van der Waals surface area (Å²) in [6, 6.07) is 0. The summed E-state index contributed by atoms with van der Waals surface area (Å²) in [6.45, 7) is 16.3. The molecule has 0 saturated heterocycles. The van der Waals surface area contributed by atoms with Gasteiger partial charge < -0.3 is 5.11 Å². The van der Waals surface area contributed by atoms with Crippen LogP contribution in [0.3, 0.4) is 0 Å². The van der Waals surface area contributed by atoms with E-state index in [2.05, 4.69) is 65.5 Å². The molecule has 3 saturated carbocycles. The lowest BCUT2D eigenvalue weighted by Gasteiger charge is -2.44. The number of aliphatic hydroxyl groups excluding tert-OH is 1. The van der Waals surface area contributed by atoms with Crippen LogP contribution in [-0.2, 0) is 0 Å². The summed E-state index contributed by atoms with van der Waals surface area (Å²) >= 11 is 0. The van der Waals surface area contributed by atoms with Crippen LogP contribution in [0.4, 0.5) is 0 Å². The molecule has 3 fully saturated rings. The van der Waals surface area contributed by atoms with Gasteiger partial charge in [0.05, 0.1) is 6.10 Å². The highest BCUT2D eigenvalue weighted by molar-refractivity contribution is 5.36. The monoisotopic (exact) mass is 396 g/mol. The molecule has 162 valence electrons. The lowest BCUT2D eigenvalue weighted by Crippen LogP contribution is -2.35. The van der Waals surface area contributed by atoms with E-state index in [1.807, 2.05) is 0 Å². The normalized spacial score (nSPS) is 38.2. The smallest absolute Gasteiger partial charge is 0.0583 e. The fraction of sp³-hybridized carbons (Fsp3) is 0.714. The van der Waals surface area contributed by atoms with Gasteiger partial charge in [0.25, 0.3) is 0 Å². The molecular weight excluding hydrogens is 352 g/mol. The average molecular weight is 397 g/mol. The van der Waals surface area contributed by atoms with Crippen LogP contribution in [0.25, 0.3) is 0 Å². The van der Waals surface area contributed by atoms with Crippen LogP contribution in [-0.4, -0.2) is 11.2 Å². The molecule has 1 heteroatoms. The first kappa shape index (κ1) is 22.6. The van der Waals surface area contributed by atoms with Crippen LogP contribution < -0.4 is 0 Å². The van der Waals surface area contributed by atoms with Crippen LogP contribution in [0.15, 0.2) is 47.6 Å². The van der Waals surface area contributed by atoms with Crippen molar-refractivity contribution in [1.29, 1.82) is 0 Å². The van der Waals surface area contributed by atoms with Crippen LogP contribution in [0, 0.1) is 35.0 Å². The van der Waals surface area contributed by atoms with Gasteiger partial charge in [0.1, 0.15) is 0 Å². The van der Waals surface area contributed by atoms with Gasteiger partial charge in [-0.1, -0.05) is 76.6 Å². The molecule has 0 spiro atoms. The van der Waals surface area contributed by atoms with E-state index in [-0.39, 0.29) is 6.10 Å². The van der Waals surface area contributed by atoms with Crippen LogP contribution in [0.5, 0.6) is 0 Å². The predicted molar refractivity (Wildman–Crippen MR) is 126 cm³/mol.